The number of phenols is 1. The molecule has 0 aliphatic carbocycles. The number of thiophene rings is 1. The summed E-state index contributed by atoms with van der Waals surface area (Å²) in [6, 6.07) is 17.2. The zero-order valence-corrected chi connectivity index (χ0v) is 17.3. The van der Waals surface area contributed by atoms with Gasteiger partial charge in [0.15, 0.2) is 5.78 Å². The van der Waals surface area contributed by atoms with Gasteiger partial charge in [0.2, 0.25) is 0 Å². The molecule has 2 heterocycles. The lowest BCUT2D eigenvalue weighted by Gasteiger charge is -2.09. The number of hydrogen-bond acceptors (Lipinski definition) is 4. The summed E-state index contributed by atoms with van der Waals surface area (Å²) in [6.45, 7) is 2.70. The molecular formula is C24H23NO3S. The van der Waals surface area contributed by atoms with Gasteiger partial charge in [0, 0.05) is 33.5 Å². The number of Topliss-reactive ketones (excluding diaryl/α,β-unsaturated/α-hetero) is 1. The first-order valence-electron chi connectivity index (χ1n) is 9.57. The summed E-state index contributed by atoms with van der Waals surface area (Å²) in [7, 11) is 1.64. The quantitative estimate of drug-likeness (QED) is 0.408. The molecule has 0 bridgehead atoms. The Balaban J connectivity index is 1.69. The van der Waals surface area contributed by atoms with E-state index in [-0.39, 0.29) is 11.5 Å². The maximum absolute atomic E-state index is 13.2. The summed E-state index contributed by atoms with van der Waals surface area (Å²) in [5.41, 5.74) is 3.62. The summed E-state index contributed by atoms with van der Waals surface area (Å²) in [5.74, 6) is 1.05. The van der Waals surface area contributed by atoms with Crippen LogP contribution in [0.1, 0.15) is 32.9 Å². The lowest BCUT2D eigenvalue weighted by molar-refractivity contribution is 0.0983. The number of phenolic OH excluding ortho intramolecular Hbond substituents is 1. The van der Waals surface area contributed by atoms with E-state index in [1.54, 1.807) is 30.6 Å². The van der Waals surface area contributed by atoms with Gasteiger partial charge in [0.1, 0.15) is 11.5 Å². The lowest BCUT2D eigenvalue weighted by Crippen LogP contribution is -2.06. The fourth-order valence-corrected chi connectivity index (χ4v) is 4.56. The van der Waals surface area contributed by atoms with Crippen LogP contribution < -0.4 is 4.74 Å². The molecule has 29 heavy (non-hydrogen) atoms. The number of aromatic nitrogens is 1. The second-order valence-electron chi connectivity index (χ2n) is 7.06. The van der Waals surface area contributed by atoms with Crippen molar-refractivity contribution in [1.29, 1.82) is 0 Å². The Bertz CT molecular complexity index is 1160. The number of benzene rings is 2. The van der Waals surface area contributed by atoms with E-state index in [2.05, 4.69) is 16.0 Å². The largest absolute Gasteiger partial charge is 0.508 e. The molecule has 0 atom stereocenters. The highest BCUT2D eigenvalue weighted by Crippen LogP contribution is 2.32. The van der Waals surface area contributed by atoms with Crippen LogP contribution in [0.5, 0.6) is 11.5 Å². The average molecular weight is 406 g/mol. The Hall–Kier alpha value is -3.05. The molecule has 5 heteroatoms. The predicted molar refractivity (Wildman–Crippen MR) is 117 cm³/mol. The Morgan fingerprint density at radius 1 is 1.14 bits per heavy atom. The Morgan fingerprint density at radius 3 is 2.72 bits per heavy atom. The van der Waals surface area contributed by atoms with Crippen LogP contribution in [0.4, 0.5) is 0 Å². The molecule has 0 radical (unpaired) electrons. The van der Waals surface area contributed by atoms with Crippen molar-refractivity contribution in [1.82, 2.24) is 4.57 Å². The summed E-state index contributed by atoms with van der Waals surface area (Å²) in [6.07, 6.45) is 0.994. The van der Waals surface area contributed by atoms with Gasteiger partial charge in [-0.3, -0.25) is 4.79 Å². The monoisotopic (exact) mass is 405 g/mol. The van der Waals surface area contributed by atoms with Gasteiger partial charge in [-0.15, -0.1) is 11.3 Å². The van der Waals surface area contributed by atoms with Crippen molar-refractivity contribution < 1.29 is 14.6 Å². The second kappa shape index (κ2) is 8.13. The minimum Gasteiger partial charge on any atom is -0.508 e. The average Bonchev–Trinajstić information content (AvgIpc) is 3.33. The summed E-state index contributed by atoms with van der Waals surface area (Å²) in [4.78, 5) is 14.5. The third-order valence-corrected chi connectivity index (χ3v) is 6.15. The molecule has 2 aromatic heterocycles. The van der Waals surface area contributed by atoms with Gasteiger partial charge in [-0.2, -0.15) is 0 Å². The molecule has 0 saturated heterocycles. The van der Waals surface area contributed by atoms with Crippen molar-refractivity contribution in [3.63, 3.8) is 0 Å². The van der Waals surface area contributed by atoms with Crippen LogP contribution in [0.2, 0.25) is 0 Å². The van der Waals surface area contributed by atoms with Crippen LogP contribution in [0.25, 0.3) is 10.9 Å². The summed E-state index contributed by atoms with van der Waals surface area (Å²) >= 11 is 1.70. The van der Waals surface area contributed by atoms with Gasteiger partial charge in [0.05, 0.1) is 13.7 Å². The zero-order valence-electron chi connectivity index (χ0n) is 16.5. The smallest absolute Gasteiger partial charge is 0.165 e. The number of aryl methyl sites for hydroxylation is 1. The minimum atomic E-state index is 0.0777. The van der Waals surface area contributed by atoms with Crippen LogP contribution >= 0.6 is 11.3 Å². The third kappa shape index (κ3) is 3.78. The molecule has 0 spiro atoms. The molecule has 0 aliphatic heterocycles. The van der Waals surface area contributed by atoms with Gasteiger partial charge < -0.3 is 14.4 Å². The van der Waals surface area contributed by atoms with Crippen molar-refractivity contribution in [2.45, 2.75) is 26.3 Å². The molecule has 0 saturated carbocycles. The molecule has 0 fully saturated rings. The first kappa shape index (κ1) is 19.3. The number of methoxy groups -OCH3 is 1. The Kier molecular flexibility index (Phi) is 5.41. The second-order valence-corrected chi connectivity index (χ2v) is 8.09. The van der Waals surface area contributed by atoms with E-state index >= 15 is 0 Å². The molecule has 0 amide bonds. The van der Waals surface area contributed by atoms with Crippen molar-refractivity contribution in [3.8, 4) is 11.5 Å². The highest BCUT2D eigenvalue weighted by atomic mass is 32.1. The molecular weight excluding hydrogens is 382 g/mol. The Morgan fingerprint density at radius 2 is 1.97 bits per heavy atom. The number of para-hydroxylation sites is 1. The van der Waals surface area contributed by atoms with Gasteiger partial charge >= 0.3 is 0 Å². The fourth-order valence-electron chi connectivity index (χ4n) is 3.87. The first-order valence-corrected chi connectivity index (χ1v) is 10.5. The van der Waals surface area contributed by atoms with Gasteiger partial charge in [-0.25, -0.2) is 0 Å². The minimum absolute atomic E-state index is 0.0777. The standard InChI is InChI=1S/C24H23NO3S/c1-16-24(22(27)12-9-17-6-3-4-8-23(17)28-2)20-14-18(26)10-11-21(20)25(16)15-19-7-5-13-29-19/h3-8,10-11,13-14,26H,9,12,15H2,1-2H3. The van der Waals surface area contributed by atoms with E-state index in [9.17, 15) is 9.90 Å². The van der Waals surface area contributed by atoms with Crippen LogP contribution in [0.3, 0.4) is 0 Å². The maximum Gasteiger partial charge on any atom is 0.165 e. The van der Waals surface area contributed by atoms with E-state index in [0.29, 0.717) is 24.9 Å². The van der Waals surface area contributed by atoms with E-state index in [0.717, 1.165) is 27.9 Å². The molecule has 148 valence electrons. The van der Waals surface area contributed by atoms with E-state index in [1.807, 2.05) is 43.3 Å². The number of nitrogens with zero attached hydrogens (tertiary/aromatic N) is 1. The number of ketones is 1. The number of carbonyl (C=O) groups excluding carboxylic acids is 1. The number of carbonyl (C=O) groups is 1. The highest BCUT2D eigenvalue weighted by molar-refractivity contribution is 7.09. The summed E-state index contributed by atoms with van der Waals surface area (Å²) < 4.78 is 7.57. The van der Waals surface area contributed by atoms with Crippen molar-refractivity contribution >= 4 is 28.0 Å². The zero-order chi connectivity index (χ0) is 20.4. The van der Waals surface area contributed by atoms with Crippen LogP contribution in [0, 0.1) is 6.92 Å². The number of fused-ring (bicyclic) bond motifs is 1. The number of rotatable bonds is 7. The molecule has 2 aromatic carbocycles. The molecule has 1 N–H and O–H groups in total. The van der Waals surface area contributed by atoms with E-state index in [1.165, 1.54) is 4.88 Å². The predicted octanol–water partition coefficient (Wildman–Crippen LogP) is 5.59. The molecule has 0 aliphatic rings. The lowest BCUT2D eigenvalue weighted by atomic mass is 10.00. The van der Waals surface area contributed by atoms with Crippen LogP contribution in [0.15, 0.2) is 60.0 Å². The van der Waals surface area contributed by atoms with Crippen molar-refractivity contribution in [2.24, 2.45) is 0 Å². The summed E-state index contributed by atoms with van der Waals surface area (Å²) in [5, 5.41) is 12.9. The first-order chi connectivity index (χ1) is 14.1. The topological polar surface area (TPSA) is 51.5 Å². The Labute approximate surface area is 174 Å². The van der Waals surface area contributed by atoms with Gasteiger partial charge in [-0.05, 0) is 54.6 Å². The van der Waals surface area contributed by atoms with Gasteiger partial charge in [0.25, 0.3) is 0 Å². The van der Waals surface area contributed by atoms with Crippen LogP contribution in [-0.2, 0) is 13.0 Å². The van der Waals surface area contributed by atoms with E-state index in [4.69, 9.17) is 4.74 Å². The van der Waals surface area contributed by atoms with Crippen molar-refractivity contribution in [3.05, 3.63) is 81.7 Å². The molecule has 0 unspecified atom stereocenters. The fraction of sp³-hybridized carbons (Fsp3) is 0.208. The van der Waals surface area contributed by atoms with E-state index < -0.39 is 0 Å². The molecule has 4 rings (SSSR count). The highest BCUT2D eigenvalue weighted by Gasteiger charge is 2.21. The van der Waals surface area contributed by atoms with Crippen LogP contribution in [-0.4, -0.2) is 22.6 Å². The molecule has 4 aromatic rings. The molecule has 4 nitrogen and oxygen atoms in total. The SMILES string of the molecule is COc1ccccc1CCC(=O)c1c(C)n(Cc2cccs2)c2ccc(O)cc12. The number of hydrogen-bond donors (Lipinski definition) is 1. The van der Waals surface area contributed by atoms with Gasteiger partial charge in [-0.1, -0.05) is 24.3 Å². The maximum atomic E-state index is 13.2. The number of aromatic hydroxyl groups is 1. The van der Waals surface area contributed by atoms with Crippen molar-refractivity contribution in [2.75, 3.05) is 7.11 Å². The number of ether oxygens (including phenoxy) is 1. The third-order valence-electron chi connectivity index (χ3n) is 5.29. The normalized spacial score (nSPS) is 11.1.